The Labute approximate surface area is 86.2 Å². The summed E-state index contributed by atoms with van der Waals surface area (Å²) in [4.78, 5) is 4.56. The molecule has 0 atom stereocenters. The number of hydrogen-bond acceptors (Lipinski definition) is 1. The Morgan fingerprint density at radius 1 is 1.29 bits per heavy atom. The van der Waals surface area contributed by atoms with E-state index in [4.69, 9.17) is 0 Å². The molecule has 0 spiro atoms. The predicted octanol–water partition coefficient (Wildman–Crippen LogP) is 3.81. The van der Waals surface area contributed by atoms with Crippen LogP contribution >= 0.6 is 0 Å². The lowest BCUT2D eigenvalue weighted by atomic mass is 10.1. The maximum Gasteiger partial charge on any atom is 0.0476 e. The lowest BCUT2D eigenvalue weighted by Gasteiger charge is -2.03. The number of allylic oxidation sites excluding steroid dienone is 2. The summed E-state index contributed by atoms with van der Waals surface area (Å²) in [6, 6.07) is 10.3. The third-order valence-corrected chi connectivity index (χ3v) is 2.17. The van der Waals surface area contributed by atoms with Gasteiger partial charge in [0.2, 0.25) is 0 Å². The molecule has 0 radical (unpaired) electrons. The Balaban J connectivity index is 2.99. The fourth-order valence-electron chi connectivity index (χ4n) is 1.26. The standard InChI is InChI=1S/C13H17N/c1-4-11(3)14-13(5-2)12-9-7-6-8-10-12/h4,6-10H,5H2,1-3H3/b11-4-,14-13?. The van der Waals surface area contributed by atoms with E-state index >= 15 is 0 Å². The van der Waals surface area contributed by atoms with Gasteiger partial charge >= 0.3 is 0 Å². The molecule has 0 aliphatic carbocycles. The van der Waals surface area contributed by atoms with Crippen LogP contribution in [0, 0.1) is 0 Å². The Morgan fingerprint density at radius 2 is 1.93 bits per heavy atom. The van der Waals surface area contributed by atoms with Crippen LogP contribution in [0.15, 0.2) is 47.1 Å². The highest BCUT2D eigenvalue weighted by molar-refractivity contribution is 6.00. The molecule has 0 aliphatic heterocycles. The number of hydrogen-bond donors (Lipinski definition) is 0. The van der Waals surface area contributed by atoms with E-state index in [-0.39, 0.29) is 0 Å². The summed E-state index contributed by atoms with van der Waals surface area (Å²) in [5, 5.41) is 0. The molecule has 14 heavy (non-hydrogen) atoms. The van der Waals surface area contributed by atoms with Gasteiger partial charge in [-0.1, -0.05) is 43.3 Å². The van der Waals surface area contributed by atoms with Crippen LogP contribution in [-0.4, -0.2) is 5.71 Å². The molecule has 0 N–H and O–H groups in total. The first-order chi connectivity index (χ1) is 6.77. The van der Waals surface area contributed by atoms with Gasteiger partial charge in [0.05, 0.1) is 0 Å². The van der Waals surface area contributed by atoms with Crippen molar-refractivity contribution in [3.63, 3.8) is 0 Å². The van der Waals surface area contributed by atoms with Gasteiger partial charge < -0.3 is 0 Å². The van der Waals surface area contributed by atoms with E-state index < -0.39 is 0 Å². The normalized spacial score (nSPS) is 13.1. The largest absolute Gasteiger partial charge is 0.258 e. The maximum atomic E-state index is 4.56. The highest BCUT2D eigenvalue weighted by Crippen LogP contribution is 2.07. The second-order valence-electron chi connectivity index (χ2n) is 3.21. The SMILES string of the molecule is C/C=C(/C)N=C(CC)c1ccccc1. The van der Waals surface area contributed by atoms with Crippen molar-refractivity contribution in [2.75, 3.05) is 0 Å². The molecular weight excluding hydrogens is 170 g/mol. The maximum absolute atomic E-state index is 4.56. The number of nitrogens with zero attached hydrogens (tertiary/aromatic N) is 1. The van der Waals surface area contributed by atoms with E-state index in [1.54, 1.807) is 0 Å². The van der Waals surface area contributed by atoms with Gasteiger partial charge in [0.25, 0.3) is 0 Å². The molecule has 0 bridgehead atoms. The fourth-order valence-corrected chi connectivity index (χ4v) is 1.26. The summed E-state index contributed by atoms with van der Waals surface area (Å²) in [6.45, 7) is 6.17. The van der Waals surface area contributed by atoms with Gasteiger partial charge in [-0.25, -0.2) is 0 Å². The van der Waals surface area contributed by atoms with Crippen LogP contribution < -0.4 is 0 Å². The summed E-state index contributed by atoms with van der Waals surface area (Å²) in [5.41, 5.74) is 3.45. The zero-order valence-corrected chi connectivity index (χ0v) is 9.12. The molecule has 1 aromatic rings. The molecule has 0 unspecified atom stereocenters. The van der Waals surface area contributed by atoms with E-state index in [1.807, 2.05) is 38.1 Å². The van der Waals surface area contributed by atoms with Gasteiger partial charge in [-0.2, -0.15) is 0 Å². The topological polar surface area (TPSA) is 12.4 Å². The van der Waals surface area contributed by atoms with Crippen LogP contribution in [-0.2, 0) is 0 Å². The van der Waals surface area contributed by atoms with Crippen molar-refractivity contribution in [2.45, 2.75) is 27.2 Å². The molecule has 0 amide bonds. The zero-order valence-electron chi connectivity index (χ0n) is 9.12. The van der Waals surface area contributed by atoms with Gasteiger partial charge in [0.15, 0.2) is 0 Å². The van der Waals surface area contributed by atoms with Crippen LogP contribution in [0.2, 0.25) is 0 Å². The summed E-state index contributed by atoms with van der Waals surface area (Å²) in [7, 11) is 0. The van der Waals surface area contributed by atoms with Gasteiger partial charge in [-0.05, 0) is 25.8 Å². The highest BCUT2D eigenvalue weighted by atomic mass is 14.7. The minimum atomic E-state index is 0.967. The first-order valence-electron chi connectivity index (χ1n) is 5.03. The zero-order chi connectivity index (χ0) is 10.4. The van der Waals surface area contributed by atoms with Crippen LogP contribution in [0.4, 0.5) is 0 Å². The molecule has 0 heterocycles. The van der Waals surface area contributed by atoms with Crippen LogP contribution in [0.1, 0.15) is 32.8 Å². The minimum Gasteiger partial charge on any atom is -0.258 e. The van der Waals surface area contributed by atoms with E-state index in [0.29, 0.717) is 0 Å². The summed E-state index contributed by atoms with van der Waals surface area (Å²) < 4.78 is 0. The van der Waals surface area contributed by atoms with E-state index in [1.165, 1.54) is 5.56 Å². The Morgan fingerprint density at radius 3 is 2.43 bits per heavy atom. The Kier molecular flexibility index (Phi) is 4.11. The first kappa shape index (κ1) is 10.7. The smallest absolute Gasteiger partial charge is 0.0476 e. The average molecular weight is 187 g/mol. The average Bonchev–Trinajstić information content (AvgIpc) is 2.26. The quantitative estimate of drug-likeness (QED) is 0.638. The fraction of sp³-hybridized carbons (Fsp3) is 0.308. The van der Waals surface area contributed by atoms with Crippen LogP contribution in [0.5, 0.6) is 0 Å². The van der Waals surface area contributed by atoms with Crippen LogP contribution in [0.3, 0.4) is 0 Å². The number of rotatable bonds is 3. The third kappa shape index (κ3) is 2.84. The van der Waals surface area contributed by atoms with E-state index in [2.05, 4.69) is 24.0 Å². The molecule has 1 aromatic carbocycles. The highest BCUT2D eigenvalue weighted by Gasteiger charge is 1.99. The van der Waals surface area contributed by atoms with Crippen molar-refractivity contribution in [3.05, 3.63) is 47.7 Å². The summed E-state index contributed by atoms with van der Waals surface area (Å²) >= 11 is 0. The first-order valence-corrected chi connectivity index (χ1v) is 5.03. The molecule has 0 saturated carbocycles. The molecule has 1 rings (SSSR count). The van der Waals surface area contributed by atoms with Crippen molar-refractivity contribution in [1.82, 2.24) is 0 Å². The van der Waals surface area contributed by atoms with Crippen molar-refractivity contribution < 1.29 is 0 Å². The molecule has 74 valence electrons. The molecule has 0 aliphatic rings. The van der Waals surface area contributed by atoms with Crippen molar-refractivity contribution in [3.8, 4) is 0 Å². The molecule has 0 saturated heterocycles. The summed E-state index contributed by atoms with van der Waals surface area (Å²) in [6.07, 6.45) is 2.99. The van der Waals surface area contributed by atoms with E-state index in [0.717, 1.165) is 17.8 Å². The van der Waals surface area contributed by atoms with Gasteiger partial charge in [0, 0.05) is 11.4 Å². The lowest BCUT2D eigenvalue weighted by Crippen LogP contribution is -1.98. The third-order valence-electron chi connectivity index (χ3n) is 2.17. The van der Waals surface area contributed by atoms with Crippen molar-refractivity contribution in [1.29, 1.82) is 0 Å². The Bertz CT molecular complexity index is 334. The number of benzene rings is 1. The molecule has 1 nitrogen and oxygen atoms in total. The number of aliphatic imine (C=N–C) groups is 1. The molecule has 1 heteroatoms. The van der Waals surface area contributed by atoms with Crippen molar-refractivity contribution >= 4 is 5.71 Å². The molecular formula is C13H17N. The van der Waals surface area contributed by atoms with Crippen LogP contribution in [0.25, 0.3) is 0 Å². The van der Waals surface area contributed by atoms with Crippen molar-refractivity contribution in [2.24, 2.45) is 4.99 Å². The molecule has 0 fully saturated rings. The Hall–Kier alpha value is -1.37. The van der Waals surface area contributed by atoms with E-state index in [9.17, 15) is 0 Å². The summed E-state index contributed by atoms with van der Waals surface area (Å²) in [5.74, 6) is 0. The molecule has 0 aromatic heterocycles. The monoisotopic (exact) mass is 187 g/mol. The second kappa shape index (κ2) is 5.38. The predicted molar refractivity (Wildman–Crippen MR) is 62.7 cm³/mol. The second-order valence-corrected chi connectivity index (χ2v) is 3.21. The van der Waals surface area contributed by atoms with Gasteiger partial charge in [0.1, 0.15) is 0 Å². The van der Waals surface area contributed by atoms with Gasteiger partial charge in [-0.3, -0.25) is 4.99 Å². The minimum absolute atomic E-state index is 0.967. The van der Waals surface area contributed by atoms with Gasteiger partial charge in [-0.15, -0.1) is 0 Å². The lowest BCUT2D eigenvalue weighted by molar-refractivity contribution is 1.21.